The Labute approximate surface area is 175 Å². The second-order valence-corrected chi connectivity index (χ2v) is 8.27. The minimum atomic E-state index is -0.634. The smallest absolute Gasteiger partial charge is 0.328 e. The van der Waals surface area contributed by atoms with Crippen LogP contribution in [0.3, 0.4) is 0 Å². The molecule has 0 unspecified atom stereocenters. The molecule has 1 aliphatic carbocycles. The average Bonchev–Trinajstić information content (AvgIpc) is 3.25. The van der Waals surface area contributed by atoms with Gasteiger partial charge in [-0.05, 0) is 50.3 Å². The van der Waals surface area contributed by atoms with Crippen LogP contribution in [0, 0.1) is 6.92 Å². The first kappa shape index (κ1) is 20.4. The third kappa shape index (κ3) is 3.67. The van der Waals surface area contributed by atoms with E-state index in [4.69, 9.17) is 0 Å². The summed E-state index contributed by atoms with van der Waals surface area (Å²) in [5, 5.41) is 13.9. The quantitative estimate of drug-likeness (QED) is 0.667. The Hall–Kier alpha value is -2.87. The predicted octanol–water partition coefficient (Wildman–Crippen LogP) is 1.59. The highest BCUT2D eigenvalue weighted by Gasteiger charge is 2.34. The molecule has 160 valence electrons. The number of nitrogens with one attached hydrogen (secondary N) is 1. The van der Waals surface area contributed by atoms with Gasteiger partial charge in [0.05, 0.1) is 29.2 Å². The molecule has 2 aromatic heterocycles. The molecule has 1 aliphatic rings. The van der Waals surface area contributed by atoms with Gasteiger partial charge in [-0.15, -0.1) is 0 Å². The summed E-state index contributed by atoms with van der Waals surface area (Å²) in [5.41, 5.74) is 2.69. The topological polar surface area (TPSA) is 94.1 Å². The normalized spacial score (nSPS) is 21.8. The van der Waals surface area contributed by atoms with Crippen LogP contribution in [0.5, 0.6) is 0 Å². The summed E-state index contributed by atoms with van der Waals surface area (Å²) in [6.07, 6.45) is 6.51. The van der Waals surface area contributed by atoms with Gasteiger partial charge in [-0.25, -0.2) is 9.78 Å². The number of carbonyl (C=O) groups is 1. The minimum absolute atomic E-state index is 0.0612. The number of hydrogen-bond donors (Lipinski definition) is 2. The number of rotatable bonds is 5. The molecule has 8 nitrogen and oxygen atoms in total. The molecule has 1 amide bonds. The number of nitrogens with zero attached hydrogens (tertiary/aromatic N) is 4. The van der Waals surface area contributed by atoms with E-state index in [9.17, 15) is 14.7 Å². The molecule has 4 rings (SSSR count). The van der Waals surface area contributed by atoms with Gasteiger partial charge in [-0.3, -0.25) is 13.9 Å². The van der Waals surface area contributed by atoms with E-state index in [2.05, 4.69) is 10.3 Å². The molecule has 2 heterocycles. The molecule has 1 fully saturated rings. The highest BCUT2D eigenvalue weighted by Crippen LogP contribution is 2.30. The minimum Gasteiger partial charge on any atom is -0.389 e. The van der Waals surface area contributed by atoms with E-state index in [-0.39, 0.29) is 23.7 Å². The van der Waals surface area contributed by atoms with E-state index in [0.29, 0.717) is 12.8 Å². The molecule has 0 saturated heterocycles. The molecule has 0 spiro atoms. The Morgan fingerprint density at radius 2 is 2.00 bits per heavy atom. The van der Waals surface area contributed by atoms with Crippen molar-refractivity contribution in [3.63, 3.8) is 0 Å². The molecule has 8 heteroatoms. The molecular weight excluding hydrogens is 382 g/mol. The van der Waals surface area contributed by atoms with Crippen LogP contribution in [-0.4, -0.2) is 41.8 Å². The predicted molar refractivity (Wildman–Crippen MR) is 114 cm³/mol. The molecule has 0 radical (unpaired) electrons. The Morgan fingerprint density at radius 1 is 1.23 bits per heavy atom. The van der Waals surface area contributed by atoms with Crippen LogP contribution in [0.4, 0.5) is 0 Å². The maximum atomic E-state index is 12.6. The van der Waals surface area contributed by atoms with Crippen molar-refractivity contribution in [1.82, 2.24) is 24.0 Å². The van der Waals surface area contributed by atoms with Crippen LogP contribution in [-0.2, 0) is 25.3 Å². The van der Waals surface area contributed by atoms with Gasteiger partial charge in [0.2, 0.25) is 5.91 Å². The number of aromatic nitrogens is 4. The monoisotopic (exact) mass is 411 g/mol. The Morgan fingerprint density at radius 3 is 2.73 bits per heavy atom. The van der Waals surface area contributed by atoms with E-state index < -0.39 is 6.10 Å². The van der Waals surface area contributed by atoms with Crippen molar-refractivity contribution in [2.24, 2.45) is 14.1 Å². The van der Waals surface area contributed by atoms with E-state index in [1.54, 1.807) is 29.4 Å². The van der Waals surface area contributed by atoms with Crippen LogP contribution in [0.1, 0.15) is 43.1 Å². The number of aliphatic hydroxyl groups excluding tert-OH is 1. The van der Waals surface area contributed by atoms with Gasteiger partial charge in [0.1, 0.15) is 5.82 Å². The molecule has 30 heavy (non-hydrogen) atoms. The molecular formula is C22H29N5O3. The van der Waals surface area contributed by atoms with Crippen LogP contribution >= 0.6 is 0 Å². The van der Waals surface area contributed by atoms with Gasteiger partial charge < -0.3 is 15.0 Å². The van der Waals surface area contributed by atoms with Crippen LogP contribution in [0.25, 0.3) is 11.0 Å². The first-order valence-corrected chi connectivity index (χ1v) is 10.5. The fourth-order valence-corrected chi connectivity index (χ4v) is 4.60. The Balaban J connectivity index is 1.39. The number of fused-ring (bicyclic) bond motifs is 1. The van der Waals surface area contributed by atoms with E-state index in [0.717, 1.165) is 41.7 Å². The SMILES string of the molecule is Cc1nccn1[C@@H]1CCC[C@@H](NC(=O)CCc2ccc3c(c2)n(C)c(=O)n3C)[C@H]1O. The molecule has 1 aromatic carbocycles. The van der Waals surface area contributed by atoms with Crippen molar-refractivity contribution >= 4 is 16.9 Å². The lowest BCUT2D eigenvalue weighted by Gasteiger charge is -2.36. The van der Waals surface area contributed by atoms with Gasteiger partial charge >= 0.3 is 5.69 Å². The van der Waals surface area contributed by atoms with Crippen LogP contribution < -0.4 is 11.0 Å². The first-order chi connectivity index (χ1) is 14.4. The molecule has 0 bridgehead atoms. The number of carbonyl (C=O) groups excluding carboxylic acids is 1. The van der Waals surface area contributed by atoms with Gasteiger partial charge in [-0.1, -0.05) is 6.07 Å². The fourth-order valence-electron chi connectivity index (χ4n) is 4.60. The van der Waals surface area contributed by atoms with Crippen LogP contribution in [0.2, 0.25) is 0 Å². The van der Waals surface area contributed by atoms with Gasteiger partial charge in [0.25, 0.3) is 0 Å². The third-order valence-corrected chi connectivity index (χ3v) is 6.36. The summed E-state index contributed by atoms with van der Waals surface area (Å²) in [6, 6.07) is 5.54. The maximum absolute atomic E-state index is 12.6. The molecule has 3 aromatic rings. The highest BCUT2D eigenvalue weighted by molar-refractivity contribution is 5.78. The fraction of sp³-hybridized carbons (Fsp3) is 0.500. The van der Waals surface area contributed by atoms with Gasteiger partial charge in [0.15, 0.2) is 0 Å². The number of amides is 1. The van der Waals surface area contributed by atoms with Gasteiger partial charge in [0, 0.05) is 32.9 Å². The van der Waals surface area contributed by atoms with Crippen molar-refractivity contribution in [3.05, 3.63) is 52.5 Å². The Bertz CT molecular complexity index is 1130. The summed E-state index contributed by atoms with van der Waals surface area (Å²) in [4.78, 5) is 28.9. The maximum Gasteiger partial charge on any atom is 0.328 e. The highest BCUT2D eigenvalue weighted by atomic mass is 16.3. The van der Waals surface area contributed by atoms with E-state index >= 15 is 0 Å². The van der Waals surface area contributed by atoms with Crippen molar-refractivity contribution in [3.8, 4) is 0 Å². The summed E-state index contributed by atoms with van der Waals surface area (Å²) in [6.45, 7) is 1.92. The molecule has 1 saturated carbocycles. The molecule has 3 atom stereocenters. The molecule has 0 aliphatic heterocycles. The van der Waals surface area contributed by atoms with Crippen molar-refractivity contribution < 1.29 is 9.90 Å². The number of hydrogen-bond acceptors (Lipinski definition) is 4. The van der Waals surface area contributed by atoms with Crippen molar-refractivity contribution in [2.75, 3.05) is 0 Å². The third-order valence-electron chi connectivity index (χ3n) is 6.36. The molecule has 2 N–H and O–H groups in total. The largest absolute Gasteiger partial charge is 0.389 e. The number of imidazole rings is 2. The van der Waals surface area contributed by atoms with E-state index in [1.807, 2.05) is 35.9 Å². The zero-order valence-corrected chi connectivity index (χ0v) is 17.7. The lowest BCUT2D eigenvalue weighted by atomic mass is 9.87. The van der Waals surface area contributed by atoms with Crippen molar-refractivity contribution in [1.29, 1.82) is 0 Å². The lowest BCUT2D eigenvalue weighted by Crippen LogP contribution is -2.49. The summed E-state index contributed by atoms with van der Waals surface area (Å²) in [7, 11) is 3.51. The summed E-state index contributed by atoms with van der Waals surface area (Å²) < 4.78 is 5.24. The zero-order valence-electron chi connectivity index (χ0n) is 17.7. The Kier molecular flexibility index (Phi) is 5.51. The summed E-state index contributed by atoms with van der Waals surface area (Å²) >= 11 is 0. The summed E-state index contributed by atoms with van der Waals surface area (Å²) in [5.74, 6) is 0.806. The average molecular weight is 412 g/mol. The first-order valence-electron chi connectivity index (χ1n) is 10.5. The number of aryl methyl sites for hydroxylation is 4. The zero-order chi connectivity index (χ0) is 21.4. The second kappa shape index (κ2) is 8.10. The van der Waals surface area contributed by atoms with Gasteiger partial charge in [-0.2, -0.15) is 0 Å². The number of aliphatic hydroxyl groups is 1. The van der Waals surface area contributed by atoms with E-state index in [1.165, 1.54) is 0 Å². The number of benzene rings is 1. The second-order valence-electron chi connectivity index (χ2n) is 8.27. The van der Waals surface area contributed by atoms with Crippen LogP contribution in [0.15, 0.2) is 35.4 Å². The standard InChI is InChI=1S/C22H29N5O3/c1-14-23-11-12-27(14)18-6-4-5-16(21(18)29)24-20(28)10-8-15-7-9-17-19(13-15)26(3)22(30)25(17)2/h7,9,11-13,16,18,21,29H,4-6,8,10H2,1-3H3,(H,24,28)/t16-,18-,21-/m1/s1. The van der Waals surface area contributed by atoms with Crippen molar-refractivity contribution in [2.45, 2.75) is 57.2 Å². The lowest BCUT2D eigenvalue weighted by molar-refractivity contribution is -0.123.